The first-order chi connectivity index (χ1) is 7.97. The predicted octanol–water partition coefficient (Wildman–Crippen LogP) is 1.44. The molecule has 2 N–H and O–H groups in total. The lowest BCUT2D eigenvalue weighted by atomic mass is 10.0. The Morgan fingerprint density at radius 1 is 1.18 bits per heavy atom. The van der Waals surface area contributed by atoms with Crippen LogP contribution in [0.3, 0.4) is 0 Å². The molecule has 1 aromatic rings. The van der Waals surface area contributed by atoms with Crippen LogP contribution in [0.1, 0.15) is 23.1 Å². The van der Waals surface area contributed by atoms with Crippen molar-refractivity contribution in [1.82, 2.24) is 5.32 Å². The molecule has 1 saturated heterocycles. The van der Waals surface area contributed by atoms with Crippen LogP contribution in [0.4, 0.5) is 5.69 Å². The zero-order valence-electron chi connectivity index (χ0n) is 10.3. The highest BCUT2D eigenvalue weighted by Gasteiger charge is 2.30. The van der Waals surface area contributed by atoms with E-state index in [-0.39, 0.29) is 18.2 Å². The Bertz CT molecular complexity index is 471. The van der Waals surface area contributed by atoms with E-state index in [4.69, 9.17) is 0 Å². The maximum atomic E-state index is 11.5. The standard InChI is InChI=1S/C13H16N2O2/c1-7-4-8(2)12(9(3)5-7)14-10-6-11(16)15-13(10)17/h4-5,10,14H,6H2,1-3H3,(H,15,16,17). The molecule has 90 valence electrons. The molecule has 0 radical (unpaired) electrons. The molecular weight excluding hydrogens is 216 g/mol. The van der Waals surface area contributed by atoms with Crippen LogP contribution >= 0.6 is 0 Å². The van der Waals surface area contributed by atoms with Gasteiger partial charge >= 0.3 is 0 Å². The minimum absolute atomic E-state index is 0.213. The Morgan fingerprint density at radius 2 is 1.76 bits per heavy atom. The largest absolute Gasteiger partial charge is 0.373 e. The van der Waals surface area contributed by atoms with E-state index in [1.807, 2.05) is 20.8 Å². The van der Waals surface area contributed by atoms with Crippen molar-refractivity contribution in [3.63, 3.8) is 0 Å². The normalized spacial score (nSPS) is 19.4. The third-order valence-electron chi connectivity index (χ3n) is 2.96. The van der Waals surface area contributed by atoms with Gasteiger partial charge in [0.05, 0.1) is 6.42 Å². The minimum Gasteiger partial charge on any atom is -0.373 e. The zero-order valence-corrected chi connectivity index (χ0v) is 10.3. The summed E-state index contributed by atoms with van der Waals surface area (Å²) in [7, 11) is 0. The molecule has 1 atom stereocenters. The van der Waals surface area contributed by atoms with Crippen LogP contribution in [0.15, 0.2) is 12.1 Å². The van der Waals surface area contributed by atoms with Gasteiger partial charge in [0.15, 0.2) is 0 Å². The zero-order chi connectivity index (χ0) is 12.6. The second-order valence-electron chi connectivity index (χ2n) is 4.59. The van der Waals surface area contributed by atoms with Gasteiger partial charge in [0, 0.05) is 5.69 Å². The van der Waals surface area contributed by atoms with Crippen molar-refractivity contribution in [1.29, 1.82) is 0 Å². The van der Waals surface area contributed by atoms with Gasteiger partial charge in [-0.25, -0.2) is 0 Å². The summed E-state index contributed by atoms with van der Waals surface area (Å²) in [6.45, 7) is 6.03. The molecule has 0 bridgehead atoms. The van der Waals surface area contributed by atoms with Crippen molar-refractivity contribution in [2.45, 2.75) is 33.2 Å². The number of rotatable bonds is 2. The minimum atomic E-state index is -0.442. The average molecular weight is 232 g/mol. The molecule has 1 fully saturated rings. The molecule has 1 heterocycles. The molecule has 0 aromatic heterocycles. The molecular formula is C13H16N2O2. The molecule has 0 spiro atoms. The third kappa shape index (κ3) is 2.30. The molecule has 0 saturated carbocycles. The molecule has 0 aliphatic carbocycles. The highest BCUT2D eigenvalue weighted by atomic mass is 16.2. The number of carbonyl (C=O) groups excluding carboxylic acids is 2. The Balaban J connectivity index is 2.25. The van der Waals surface area contributed by atoms with Crippen molar-refractivity contribution < 1.29 is 9.59 Å². The number of amides is 2. The molecule has 1 aliphatic heterocycles. The Morgan fingerprint density at radius 3 is 2.24 bits per heavy atom. The van der Waals surface area contributed by atoms with Crippen molar-refractivity contribution in [3.05, 3.63) is 28.8 Å². The summed E-state index contributed by atoms with van der Waals surface area (Å²) in [4.78, 5) is 22.6. The van der Waals surface area contributed by atoms with Gasteiger partial charge in [0.1, 0.15) is 6.04 Å². The Kier molecular flexibility index (Phi) is 2.88. The maximum Gasteiger partial charge on any atom is 0.249 e. The number of benzene rings is 1. The van der Waals surface area contributed by atoms with Crippen LogP contribution in [0.2, 0.25) is 0 Å². The van der Waals surface area contributed by atoms with Crippen LogP contribution in [0.25, 0.3) is 0 Å². The molecule has 2 amide bonds. The summed E-state index contributed by atoms with van der Waals surface area (Å²) in [6, 6.07) is 3.68. The molecule has 1 unspecified atom stereocenters. The van der Waals surface area contributed by atoms with Gasteiger partial charge in [-0.15, -0.1) is 0 Å². The van der Waals surface area contributed by atoms with Crippen LogP contribution in [-0.2, 0) is 9.59 Å². The van der Waals surface area contributed by atoms with E-state index in [2.05, 4.69) is 22.8 Å². The number of aryl methyl sites for hydroxylation is 3. The van der Waals surface area contributed by atoms with Crippen molar-refractivity contribution >= 4 is 17.5 Å². The van der Waals surface area contributed by atoms with Gasteiger partial charge < -0.3 is 5.32 Å². The fourth-order valence-electron chi connectivity index (χ4n) is 2.25. The predicted molar refractivity (Wildman–Crippen MR) is 65.8 cm³/mol. The van der Waals surface area contributed by atoms with E-state index in [1.54, 1.807) is 0 Å². The summed E-state index contributed by atoms with van der Waals surface area (Å²) >= 11 is 0. The monoisotopic (exact) mass is 232 g/mol. The first kappa shape index (κ1) is 11.6. The summed E-state index contributed by atoms with van der Waals surface area (Å²) in [5.74, 6) is -0.454. The van der Waals surface area contributed by atoms with Crippen LogP contribution in [0.5, 0.6) is 0 Å². The summed E-state index contributed by atoms with van der Waals surface area (Å²) in [5.41, 5.74) is 4.33. The van der Waals surface area contributed by atoms with Gasteiger partial charge in [-0.1, -0.05) is 17.7 Å². The van der Waals surface area contributed by atoms with Crippen molar-refractivity contribution in [2.75, 3.05) is 5.32 Å². The number of hydrogen-bond donors (Lipinski definition) is 2. The highest BCUT2D eigenvalue weighted by Crippen LogP contribution is 2.23. The topological polar surface area (TPSA) is 58.2 Å². The second kappa shape index (κ2) is 4.20. The Labute approximate surface area is 100 Å². The maximum absolute atomic E-state index is 11.5. The van der Waals surface area contributed by atoms with Crippen molar-refractivity contribution in [2.24, 2.45) is 0 Å². The number of anilines is 1. The van der Waals surface area contributed by atoms with E-state index in [1.165, 1.54) is 5.56 Å². The van der Waals surface area contributed by atoms with E-state index >= 15 is 0 Å². The average Bonchev–Trinajstić information content (AvgIpc) is 2.51. The number of hydrogen-bond acceptors (Lipinski definition) is 3. The van der Waals surface area contributed by atoms with Crippen LogP contribution < -0.4 is 10.6 Å². The first-order valence-electron chi connectivity index (χ1n) is 5.65. The lowest BCUT2D eigenvalue weighted by Crippen LogP contribution is -2.30. The van der Waals surface area contributed by atoms with E-state index in [0.717, 1.165) is 16.8 Å². The van der Waals surface area contributed by atoms with E-state index in [0.29, 0.717) is 0 Å². The molecule has 17 heavy (non-hydrogen) atoms. The summed E-state index contributed by atoms with van der Waals surface area (Å²) < 4.78 is 0. The summed E-state index contributed by atoms with van der Waals surface area (Å²) in [5, 5.41) is 5.45. The van der Waals surface area contributed by atoms with Gasteiger partial charge in [-0.3, -0.25) is 14.9 Å². The van der Waals surface area contributed by atoms with Crippen LogP contribution in [0, 0.1) is 20.8 Å². The molecule has 1 aromatic carbocycles. The lowest BCUT2D eigenvalue weighted by molar-refractivity contribution is -0.124. The molecule has 4 nitrogen and oxygen atoms in total. The second-order valence-corrected chi connectivity index (χ2v) is 4.59. The van der Waals surface area contributed by atoms with E-state index in [9.17, 15) is 9.59 Å². The first-order valence-corrected chi connectivity index (χ1v) is 5.65. The molecule has 1 aliphatic rings. The fourth-order valence-corrected chi connectivity index (χ4v) is 2.25. The smallest absolute Gasteiger partial charge is 0.249 e. The number of nitrogens with one attached hydrogen (secondary N) is 2. The fraction of sp³-hybridized carbons (Fsp3) is 0.385. The third-order valence-corrected chi connectivity index (χ3v) is 2.96. The lowest BCUT2D eigenvalue weighted by Gasteiger charge is -2.16. The SMILES string of the molecule is Cc1cc(C)c(NC2CC(=O)NC2=O)c(C)c1. The number of imide groups is 1. The van der Waals surface area contributed by atoms with E-state index < -0.39 is 6.04 Å². The highest BCUT2D eigenvalue weighted by molar-refractivity contribution is 6.06. The quantitative estimate of drug-likeness (QED) is 0.758. The van der Waals surface area contributed by atoms with Gasteiger partial charge in [0.2, 0.25) is 11.8 Å². The Hall–Kier alpha value is -1.84. The van der Waals surface area contributed by atoms with Gasteiger partial charge in [-0.2, -0.15) is 0 Å². The van der Waals surface area contributed by atoms with Gasteiger partial charge in [-0.05, 0) is 31.9 Å². The molecule has 4 heteroatoms. The number of carbonyl (C=O) groups is 2. The summed E-state index contributed by atoms with van der Waals surface area (Å²) in [6.07, 6.45) is 0.214. The van der Waals surface area contributed by atoms with Gasteiger partial charge in [0.25, 0.3) is 0 Å². The van der Waals surface area contributed by atoms with Crippen LogP contribution in [-0.4, -0.2) is 17.9 Å². The van der Waals surface area contributed by atoms with Crippen molar-refractivity contribution in [3.8, 4) is 0 Å². The molecule has 2 rings (SSSR count).